The summed E-state index contributed by atoms with van der Waals surface area (Å²) in [7, 11) is 0. The van der Waals surface area contributed by atoms with E-state index in [2.05, 4.69) is 83.3 Å². The van der Waals surface area contributed by atoms with E-state index in [4.69, 9.17) is 0 Å². The lowest BCUT2D eigenvalue weighted by Gasteiger charge is -2.34. The number of rotatable bonds is 11. The zero-order valence-electron chi connectivity index (χ0n) is 20.1. The van der Waals surface area contributed by atoms with Crippen LogP contribution in [0.25, 0.3) is 0 Å². The van der Waals surface area contributed by atoms with Gasteiger partial charge in [-0.1, -0.05) is 49.4 Å². The number of hydrogen-bond acceptors (Lipinski definition) is 4. The number of carbonyl (C=O) groups is 1. The summed E-state index contributed by atoms with van der Waals surface area (Å²) in [5.74, 6) is 0.0282. The Hall–Kier alpha value is -2.21. The molecule has 3 rings (SSSR count). The van der Waals surface area contributed by atoms with Crippen LogP contribution in [0.15, 0.2) is 54.6 Å². The number of piperazine rings is 1. The summed E-state index contributed by atoms with van der Waals surface area (Å²) in [6.45, 7) is 15.8. The summed E-state index contributed by atoms with van der Waals surface area (Å²) < 4.78 is 0. The molecular formula is C27H40N4O. The topological polar surface area (TPSA) is 38.8 Å². The summed E-state index contributed by atoms with van der Waals surface area (Å²) in [5.41, 5.74) is 3.39. The van der Waals surface area contributed by atoms with Gasteiger partial charge in [0.05, 0.1) is 0 Å². The molecule has 2 aromatic rings. The molecule has 0 saturated carbocycles. The molecule has 5 heteroatoms. The van der Waals surface area contributed by atoms with Gasteiger partial charge in [0.1, 0.15) is 0 Å². The van der Waals surface area contributed by atoms with Crippen molar-refractivity contribution in [2.75, 3.05) is 45.8 Å². The number of amides is 1. The van der Waals surface area contributed by atoms with Gasteiger partial charge in [-0.25, -0.2) is 0 Å². The molecule has 0 spiro atoms. The van der Waals surface area contributed by atoms with E-state index in [0.29, 0.717) is 6.04 Å². The van der Waals surface area contributed by atoms with E-state index >= 15 is 0 Å². The number of carbonyl (C=O) groups excluding carboxylic acids is 1. The van der Waals surface area contributed by atoms with Crippen LogP contribution in [-0.4, -0.2) is 72.5 Å². The first kappa shape index (κ1) is 24.4. The minimum absolute atomic E-state index is 0.0282. The van der Waals surface area contributed by atoms with Crippen LogP contribution in [0, 0.1) is 0 Å². The van der Waals surface area contributed by atoms with Gasteiger partial charge in [-0.3, -0.25) is 14.6 Å². The van der Waals surface area contributed by atoms with Gasteiger partial charge in [-0.05, 0) is 56.6 Å². The lowest BCUT2D eigenvalue weighted by Crippen LogP contribution is -2.46. The monoisotopic (exact) mass is 436 g/mol. The molecular weight excluding hydrogens is 396 g/mol. The predicted octanol–water partition coefficient (Wildman–Crippen LogP) is 3.85. The standard InChI is InChI=1S/C27H40N4O/c1-4-31(23(2)3)22-25-11-13-26(14-12-25)27(32)28-15-8-16-29-17-19-30(20-18-29)21-24-9-6-5-7-10-24/h5-7,9-14,23H,4,8,15-22H2,1-3H3,(H,28,32). The van der Waals surface area contributed by atoms with Gasteiger partial charge in [-0.15, -0.1) is 0 Å². The second kappa shape index (κ2) is 12.7. The van der Waals surface area contributed by atoms with E-state index in [-0.39, 0.29) is 5.91 Å². The highest BCUT2D eigenvalue weighted by Crippen LogP contribution is 2.11. The Bertz CT molecular complexity index is 798. The van der Waals surface area contributed by atoms with E-state index in [1.54, 1.807) is 0 Å². The Balaban J connectivity index is 1.31. The SMILES string of the molecule is CCN(Cc1ccc(C(=O)NCCCN2CCN(Cc3ccccc3)CC2)cc1)C(C)C. The molecule has 1 N–H and O–H groups in total. The van der Waals surface area contributed by atoms with Crippen LogP contribution in [0.2, 0.25) is 0 Å². The quantitative estimate of drug-likeness (QED) is 0.543. The van der Waals surface area contributed by atoms with Gasteiger partial charge >= 0.3 is 0 Å². The Morgan fingerprint density at radius 1 is 0.938 bits per heavy atom. The number of nitrogens with zero attached hydrogens (tertiary/aromatic N) is 3. The van der Waals surface area contributed by atoms with Crippen LogP contribution in [0.3, 0.4) is 0 Å². The molecule has 0 bridgehead atoms. The molecule has 2 aromatic carbocycles. The van der Waals surface area contributed by atoms with Crippen molar-refractivity contribution in [3.8, 4) is 0 Å². The third kappa shape index (κ3) is 7.73. The molecule has 174 valence electrons. The smallest absolute Gasteiger partial charge is 0.251 e. The lowest BCUT2D eigenvalue weighted by atomic mass is 10.1. The van der Waals surface area contributed by atoms with Crippen molar-refractivity contribution in [2.24, 2.45) is 0 Å². The Morgan fingerprint density at radius 3 is 2.22 bits per heavy atom. The first-order valence-corrected chi connectivity index (χ1v) is 12.1. The molecule has 1 heterocycles. The molecule has 0 radical (unpaired) electrons. The van der Waals surface area contributed by atoms with Crippen molar-refractivity contribution >= 4 is 5.91 Å². The highest BCUT2D eigenvalue weighted by molar-refractivity contribution is 5.94. The van der Waals surface area contributed by atoms with Gasteiger partial charge in [0.2, 0.25) is 0 Å². The maximum atomic E-state index is 12.5. The highest BCUT2D eigenvalue weighted by Gasteiger charge is 2.16. The van der Waals surface area contributed by atoms with Crippen LogP contribution in [0.1, 0.15) is 48.7 Å². The zero-order valence-corrected chi connectivity index (χ0v) is 20.1. The molecule has 0 aromatic heterocycles. The third-order valence-corrected chi connectivity index (χ3v) is 6.39. The Kier molecular flexibility index (Phi) is 9.72. The number of hydrogen-bond donors (Lipinski definition) is 1. The molecule has 1 amide bonds. The minimum atomic E-state index is 0.0282. The lowest BCUT2D eigenvalue weighted by molar-refractivity contribution is 0.0947. The second-order valence-electron chi connectivity index (χ2n) is 9.07. The van der Waals surface area contributed by atoms with Crippen LogP contribution < -0.4 is 5.32 Å². The van der Waals surface area contributed by atoms with Crippen molar-refractivity contribution in [1.29, 1.82) is 0 Å². The van der Waals surface area contributed by atoms with E-state index in [0.717, 1.165) is 70.9 Å². The van der Waals surface area contributed by atoms with Crippen molar-refractivity contribution in [2.45, 2.75) is 46.3 Å². The maximum absolute atomic E-state index is 12.5. The van der Waals surface area contributed by atoms with E-state index in [1.165, 1.54) is 11.1 Å². The van der Waals surface area contributed by atoms with Gasteiger partial charge in [0.15, 0.2) is 0 Å². The second-order valence-corrected chi connectivity index (χ2v) is 9.07. The fourth-order valence-electron chi connectivity index (χ4n) is 4.27. The maximum Gasteiger partial charge on any atom is 0.251 e. The van der Waals surface area contributed by atoms with Crippen molar-refractivity contribution in [3.05, 3.63) is 71.3 Å². The largest absolute Gasteiger partial charge is 0.352 e. The molecule has 1 aliphatic heterocycles. The van der Waals surface area contributed by atoms with Gasteiger partial charge in [0.25, 0.3) is 5.91 Å². The van der Waals surface area contributed by atoms with E-state index in [1.807, 2.05) is 12.1 Å². The van der Waals surface area contributed by atoms with Crippen LogP contribution >= 0.6 is 0 Å². The third-order valence-electron chi connectivity index (χ3n) is 6.39. The molecule has 5 nitrogen and oxygen atoms in total. The predicted molar refractivity (Wildman–Crippen MR) is 133 cm³/mol. The molecule has 0 unspecified atom stereocenters. The van der Waals surface area contributed by atoms with Crippen molar-refractivity contribution < 1.29 is 4.79 Å². The molecule has 32 heavy (non-hydrogen) atoms. The molecule has 1 fully saturated rings. The fourth-order valence-corrected chi connectivity index (χ4v) is 4.27. The van der Waals surface area contributed by atoms with Crippen LogP contribution in [0.4, 0.5) is 0 Å². The average Bonchev–Trinajstić information content (AvgIpc) is 2.82. The normalized spacial score (nSPS) is 15.4. The van der Waals surface area contributed by atoms with E-state index in [9.17, 15) is 4.79 Å². The number of nitrogens with one attached hydrogen (secondary N) is 1. The highest BCUT2D eigenvalue weighted by atomic mass is 16.1. The van der Waals surface area contributed by atoms with Gasteiger partial charge in [-0.2, -0.15) is 0 Å². The Labute approximate surface area is 194 Å². The Morgan fingerprint density at radius 2 is 1.59 bits per heavy atom. The summed E-state index contributed by atoms with van der Waals surface area (Å²) >= 11 is 0. The first-order valence-electron chi connectivity index (χ1n) is 12.1. The summed E-state index contributed by atoms with van der Waals surface area (Å²) in [5, 5.41) is 3.08. The molecule has 0 aliphatic carbocycles. The van der Waals surface area contributed by atoms with Gasteiger partial charge < -0.3 is 10.2 Å². The first-order chi connectivity index (χ1) is 15.5. The average molecular weight is 437 g/mol. The summed E-state index contributed by atoms with van der Waals surface area (Å²) in [4.78, 5) is 19.9. The van der Waals surface area contributed by atoms with Crippen LogP contribution in [-0.2, 0) is 13.1 Å². The molecule has 1 saturated heterocycles. The summed E-state index contributed by atoms with van der Waals surface area (Å²) in [6, 6.07) is 19.3. The number of benzene rings is 2. The molecule has 0 atom stereocenters. The van der Waals surface area contributed by atoms with E-state index < -0.39 is 0 Å². The fraction of sp³-hybridized carbons (Fsp3) is 0.519. The van der Waals surface area contributed by atoms with Crippen molar-refractivity contribution in [1.82, 2.24) is 20.0 Å². The zero-order chi connectivity index (χ0) is 22.8. The molecule has 1 aliphatic rings. The minimum Gasteiger partial charge on any atom is -0.352 e. The van der Waals surface area contributed by atoms with Crippen LogP contribution in [0.5, 0.6) is 0 Å². The van der Waals surface area contributed by atoms with Crippen molar-refractivity contribution in [3.63, 3.8) is 0 Å². The van der Waals surface area contributed by atoms with Gasteiger partial charge in [0, 0.05) is 57.4 Å². The summed E-state index contributed by atoms with van der Waals surface area (Å²) in [6.07, 6.45) is 0.988.